The molecule has 0 unspecified atom stereocenters. The van der Waals surface area contributed by atoms with E-state index in [0.717, 1.165) is 5.33 Å². The normalized spacial score (nSPS) is 26.0. The Kier molecular flexibility index (Phi) is 2.84. The molecule has 0 spiro atoms. The Bertz CT molecular complexity index is 86.9. The maximum absolute atomic E-state index is 6.21. The van der Waals surface area contributed by atoms with Crippen LogP contribution in [0.2, 0.25) is 0 Å². The van der Waals surface area contributed by atoms with E-state index in [-0.39, 0.29) is 4.87 Å². The fourth-order valence-electron chi connectivity index (χ4n) is 1.32. The molecule has 2 heteroatoms. The maximum Gasteiger partial charge on any atom is 0.0543 e. The fraction of sp³-hybridized carbons (Fsp3) is 1.00. The fourth-order valence-corrected chi connectivity index (χ4v) is 2.15. The first-order chi connectivity index (χ1) is 4.27. The molecular formula is C7H12BrCl. The van der Waals surface area contributed by atoms with Crippen LogP contribution in [0.5, 0.6) is 0 Å². The van der Waals surface area contributed by atoms with Crippen LogP contribution in [0.1, 0.15) is 32.1 Å². The van der Waals surface area contributed by atoms with Crippen LogP contribution >= 0.6 is 27.5 Å². The van der Waals surface area contributed by atoms with E-state index >= 15 is 0 Å². The molecule has 0 aliphatic heterocycles. The Labute approximate surface area is 70.1 Å². The molecule has 1 rings (SSSR count). The summed E-state index contributed by atoms with van der Waals surface area (Å²) in [4.78, 5) is 0.109. The molecule has 0 saturated heterocycles. The number of hydrogen-bond donors (Lipinski definition) is 0. The number of alkyl halides is 2. The zero-order valence-corrected chi connectivity index (χ0v) is 7.84. The van der Waals surface area contributed by atoms with Crippen LogP contribution in [0.3, 0.4) is 0 Å². The minimum absolute atomic E-state index is 0.109. The van der Waals surface area contributed by atoms with Crippen molar-refractivity contribution in [3.63, 3.8) is 0 Å². The van der Waals surface area contributed by atoms with Gasteiger partial charge in [0, 0.05) is 5.33 Å². The van der Waals surface area contributed by atoms with Crippen LogP contribution in [0, 0.1) is 0 Å². The third-order valence-electron chi connectivity index (χ3n) is 1.99. The summed E-state index contributed by atoms with van der Waals surface area (Å²) in [5.74, 6) is 0. The largest absolute Gasteiger partial charge is 0.118 e. The van der Waals surface area contributed by atoms with E-state index in [4.69, 9.17) is 11.6 Å². The van der Waals surface area contributed by atoms with Gasteiger partial charge in [-0.15, -0.1) is 11.6 Å². The molecule has 0 amide bonds. The van der Waals surface area contributed by atoms with Crippen molar-refractivity contribution in [3.8, 4) is 0 Å². The molecule has 1 aliphatic rings. The highest BCUT2D eigenvalue weighted by atomic mass is 79.9. The van der Waals surface area contributed by atoms with Gasteiger partial charge in [-0.25, -0.2) is 0 Å². The highest BCUT2D eigenvalue weighted by Crippen LogP contribution is 2.35. The second-order valence-electron chi connectivity index (χ2n) is 2.85. The van der Waals surface area contributed by atoms with Gasteiger partial charge in [0.1, 0.15) is 0 Å². The molecule has 0 radical (unpaired) electrons. The van der Waals surface area contributed by atoms with E-state index in [1.807, 2.05) is 0 Å². The molecule has 0 heterocycles. The van der Waals surface area contributed by atoms with E-state index in [2.05, 4.69) is 15.9 Å². The van der Waals surface area contributed by atoms with E-state index in [9.17, 15) is 0 Å². The Hall–Kier alpha value is 0.770. The van der Waals surface area contributed by atoms with Gasteiger partial charge in [0.15, 0.2) is 0 Å². The van der Waals surface area contributed by atoms with Crippen molar-refractivity contribution in [1.82, 2.24) is 0 Å². The second kappa shape index (κ2) is 3.25. The van der Waals surface area contributed by atoms with Gasteiger partial charge in [0.25, 0.3) is 0 Å². The first kappa shape index (κ1) is 7.87. The summed E-state index contributed by atoms with van der Waals surface area (Å²) in [5.41, 5.74) is 0. The third-order valence-corrected chi connectivity index (χ3v) is 3.90. The lowest BCUT2D eigenvalue weighted by molar-refractivity contribution is 0.421. The molecule has 1 aliphatic carbocycles. The Morgan fingerprint density at radius 3 is 2.11 bits per heavy atom. The zero-order chi connectivity index (χ0) is 6.74. The van der Waals surface area contributed by atoms with Gasteiger partial charge in [-0.05, 0) is 12.8 Å². The van der Waals surface area contributed by atoms with Crippen LogP contribution < -0.4 is 0 Å². The zero-order valence-electron chi connectivity index (χ0n) is 5.50. The molecule has 0 atom stereocenters. The van der Waals surface area contributed by atoms with Gasteiger partial charge in [0.05, 0.1) is 4.87 Å². The average Bonchev–Trinajstić information content (AvgIpc) is 1.90. The molecule has 1 fully saturated rings. The highest BCUT2D eigenvalue weighted by molar-refractivity contribution is 9.09. The van der Waals surface area contributed by atoms with Crippen molar-refractivity contribution in [3.05, 3.63) is 0 Å². The number of rotatable bonds is 1. The van der Waals surface area contributed by atoms with Gasteiger partial charge < -0.3 is 0 Å². The summed E-state index contributed by atoms with van der Waals surface area (Å²) >= 11 is 9.65. The van der Waals surface area contributed by atoms with Gasteiger partial charge in [-0.1, -0.05) is 35.2 Å². The summed E-state index contributed by atoms with van der Waals surface area (Å²) in [7, 11) is 0. The van der Waals surface area contributed by atoms with E-state index in [1.54, 1.807) is 0 Å². The van der Waals surface area contributed by atoms with Crippen molar-refractivity contribution < 1.29 is 0 Å². The smallest absolute Gasteiger partial charge is 0.0543 e. The minimum Gasteiger partial charge on any atom is -0.118 e. The molecule has 0 aromatic heterocycles. The monoisotopic (exact) mass is 210 g/mol. The lowest BCUT2D eigenvalue weighted by Crippen LogP contribution is -2.26. The summed E-state index contributed by atoms with van der Waals surface area (Å²) in [6.07, 6.45) is 6.39. The SMILES string of the molecule is ClC1(CBr)CCCCC1. The molecular weight excluding hydrogens is 199 g/mol. The standard InChI is InChI=1S/C7H12BrCl/c8-6-7(9)4-2-1-3-5-7/h1-6H2. The van der Waals surface area contributed by atoms with Crippen molar-refractivity contribution >= 4 is 27.5 Å². The topological polar surface area (TPSA) is 0 Å². The molecule has 9 heavy (non-hydrogen) atoms. The van der Waals surface area contributed by atoms with Crippen molar-refractivity contribution in [2.24, 2.45) is 0 Å². The predicted octanol–water partition coefficient (Wildman–Crippen LogP) is 3.32. The first-order valence-corrected chi connectivity index (χ1v) is 5.02. The summed E-state index contributed by atoms with van der Waals surface area (Å²) in [6, 6.07) is 0. The summed E-state index contributed by atoms with van der Waals surface area (Å²) < 4.78 is 0. The van der Waals surface area contributed by atoms with Crippen LogP contribution in [0.4, 0.5) is 0 Å². The summed E-state index contributed by atoms with van der Waals surface area (Å²) in [5, 5.41) is 0.960. The minimum atomic E-state index is 0.109. The Balaban J connectivity index is 2.37. The molecule has 0 bridgehead atoms. The van der Waals surface area contributed by atoms with E-state index in [1.165, 1.54) is 32.1 Å². The Morgan fingerprint density at radius 1 is 1.22 bits per heavy atom. The molecule has 54 valence electrons. The number of halogens is 2. The summed E-state index contributed by atoms with van der Waals surface area (Å²) in [6.45, 7) is 0. The lowest BCUT2D eigenvalue weighted by atomic mass is 9.90. The van der Waals surface area contributed by atoms with Crippen LogP contribution in [-0.2, 0) is 0 Å². The quantitative estimate of drug-likeness (QED) is 0.584. The van der Waals surface area contributed by atoms with Gasteiger partial charge in [-0.2, -0.15) is 0 Å². The van der Waals surface area contributed by atoms with Crippen molar-refractivity contribution in [2.75, 3.05) is 5.33 Å². The molecule has 1 saturated carbocycles. The first-order valence-electron chi connectivity index (χ1n) is 3.52. The second-order valence-corrected chi connectivity index (χ2v) is 4.21. The van der Waals surface area contributed by atoms with E-state index < -0.39 is 0 Å². The predicted molar refractivity (Wildman–Crippen MR) is 45.5 cm³/mol. The van der Waals surface area contributed by atoms with E-state index in [0.29, 0.717) is 0 Å². The van der Waals surface area contributed by atoms with Crippen molar-refractivity contribution in [2.45, 2.75) is 37.0 Å². The van der Waals surface area contributed by atoms with Crippen LogP contribution in [0.25, 0.3) is 0 Å². The molecule has 0 aromatic carbocycles. The maximum atomic E-state index is 6.21. The van der Waals surface area contributed by atoms with Crippen LogP contribution in [-0.4, -0.2) is 10.2 Å². The number of hydrogen-bond acceptors (Lipinski definition) is 0. The van der Waals surface area contributed by atoms with Gasteiger partial charge in [0.2, 0.25) is 0 Å². The van der Waals surface area contributed by atoms with Crippen molar-refractivity contribution in [1.29, 1.82) is 0 Å². The van der Waals surface area contributed by atoms with Crippen LogP contribution in [0.15, 0.2) is 0 Å². The third kappa shape index (κ3) is 2.12. The molecule has 0 N–H and O–H groups in total. The highest BCUT2D eigenvalue weighted by Gasteiger charge is 2.27. The molecule has 0 aromatic rings. The van der Waals surface area contributed by atoms with Gasteiger partial charge in [-0.3, -0.25) is 0 Å². The van der Waals surface area contributed by atoms with Gasteiger partial charge >= 0.3 is 0 Å². The Morgan fingerprint density at radius 2 is 1.78 bits per heavy atom. The lowest BCUT2D eigenvalue weighted by Gasteiger charge is -2.28. The average molecular weight is 212 g/mol. The molecule has 0 nitrogen and oxygen atoms in total.